The number of fused-ring (bicyclic) bond motifs is 1. The summed E-state index contributed by atoms with van der Waals surface area (Å²) in [4.78, 5) is 25.1. The number of hydrogen-bond acceptors (Lipinski definition) is 2. The molecule has 0 saturated heterocycles. The fraction of sp³-hybridized carbons (Fsp3) is 0.211. The molecule has 5 nitrogen and oxygen atoms in total. The van der Waals surface area contributed by atoms with Gasteiger partial charge >= 0.3 is 5.97 Å². The van der Waals surface area contributed by atoms with Crippen molar-refractivity contribution in [3.05, 3.63) is 71.9 Å². The van der Waals surface area contributed by atoms with Crippen LogP contribution in [0.15, 0.2) is 60.8 Å². The third-order valence-corrected chi connectivity index (χ3v) is 6.12. The van der Waals surface area contributed by atoms with Crippen molar-refractivity contribution in [1.82, 2.24) is 4.98 Å². The van der Waals surface area contributed by atoms with E-state index in [1.54, 1.807) is 6.20 Å². The van der Waals surface area contributed by atoms with E-state index in [4.69, 9.17) is 0 Å². The maximum absolute atomic E-state index is 12.7. The first kappa shape index (κ1) is 17.5. The molecular formula is C19H20NO4P. The van der Waals surface area contributed by atoms with Crippen molar-refractivity contribution in [3.8, 4) is 0 Å². The van der Waals surface area contributed by atoms with E-state index in [0.29, 0.717) is 0 Å². The van der Waals surface area contributed by atoms with Crippen LogP contribution in [0.5, 0.6) is 0 Å². The van der Waals surface area contributed by atoms with Gasteiger partial charge in [-0.05, 0) is 23.6 Å². The van der Waals surface area contributed by atoms with Crippen molar-refractivity contribution in [2.45, 2.75) is 12.6 Å². The Hall–Kier alpha value is -2.36. The van der Waals surface area contributed by atoms with Gasteiger partial charge in [0.05, 0.1) is 12.1 Å². The highest BCUT2D eigenvalue weighted by Gasteiger charge is 2.30. The van der Waals surface area contributed by atoms with Gasteiger partial charge in [0.2, 0.25) is 7.37 Å². The summed E-state index contributed by atoms with van der Waals surface area (Å²) in [5, 5.41) is 10.4. The van der Waals surface area contributed by atoms with Crippen LogP contribution < -0.4 is 0 Å². The molecule has 3 aromatic rings. The minimum atomic E-state index is -3.63. The number of aromatic amines is 1. The summed E-state index contributed by atoms with van der Waals surface area (Å²) in [7, 11) is -3.63. The maximum Gasteiger partial charge on any atom is 0.307 e. The summed E-state index contributed by atoms with van der Waals surface area (Å²) in [5.41, 5.74) is 2.49. The predicted octanol–water partition coefficient (Wildman–Crippen LogP) is 3.88. The van der Waals surface area contributed by atoms with Gasteiger partial charge in [0.1, 0.15) is 0 Å². The second-order valence-electron chi connectivity index (χ2n) is 6.27. The molecule has 130 valence electrons. The summed E-state index contributed by atoms with van der Waals surface area (Å²) >= 11 is 0. The lowest BCUT2D eigenvalue weighted by atomic mass is 10.0. The number of H-pyrrole nitrogens is 1. The molecule has 25 heavy (non-hydrogen) atoms. The summed E-state index contributed by atoms with van der Waals surface area (Å²) < 4.78 is 12.7. The van der Waals surface area contributed by atoms with E-state index in [-0.39, 0.29) is 18.7 Å². The number of rotatable bonds is 7. The highest BCUT2D eigenvalue weighted by Crippen LogP contribution is 2.47. The molecule has 0 aliphatic heterocycles. The van der Waals surface area contributed by atoms with Crippen molar-refractivity contribution in [2.24, 2.45) is 5.92 Å². The largest absolute Gasteiger partial charge is 0.481 e. The number of benzene rings is 2. The molecule has 0 saturated carbocycles. The Morgan fingerprint density at radius 1 is 1.08 bits per heavy atom. The van der Waals surface area contributed by atoms with Crippen molar-refractivity contribution < 1.29 is 19.4 Å². The minimum Gasteiger partial charge on any atom is -0.481 e. The SMILES string of the molecule is O=C(O)C(Cc1ccccc1)CP(=O)(O)Cc1c[nH]c2ccccc12. The van der Waals surface area contributed by atoms with Crippen molar-refractivity contribution in [3.63, 3.8) is 0 Å². The van der Waals surface area contributed by atoms with Gasteiger partial charge in [0.15, 0.2) is 0 Å². The van der Waals surface area contributed by atoms with Gasteiger partial charge in [0, 0.05) is 23.3 Å². The van der Waals surface area contributed by atoms with Crippen LogP contribution in [-0.4, -0.2) is 27.1 Å². The molecule has 0 fully saturated rings. The summed E-state index contributed by atoms with van der Waals surface area (Å²) in [6.07, 6.45) is 1.70. The molecule has 2 atom stereocenters. The Bertz CT molecular complexity index is 919. The highest BCUT2D eigenvalue weighted by atomic mass is 31.2. The first-order chi connectivity index (χ1) is 11.9. The highest BCUT2D eigenvalue weighted by molar-refractivity contribution is 7.57. The Kier molecular flexibility index (Phi) is 5.07. The van der Waals surface area contributed by atoms with E-state index in [1.165, 1.54) is 0 Å². The van der Waals surface area contributed by atoms with Gasteiger partial charge in [-0.25, -0.2) is 0 Å². The van der Waals surface area contributed by atoms with Crippen LogP contribution in [0.25, 0.3) is 10.9 Å². The monoisotopic (exact) mass is 357 g/mol. The van der Waals surface area contributed by atoms with Crippen LogP contribution in [0, 0.1) is 5.92 Å². The molecular weight excluding hydrogens is 337 g/mol. The van der Waals surface area contributed by atoms with Gasteiger partial charge in [-0.1, -0.05) is 48.5 Å². The van der Waals surface area contributed by atoms with E-state index in [0.717, 1.165) is 22.0 Å². The number of carbonyl (C=O) groups is 1. The molecule has 6 heteroatoms. The Morgan fingerprint density at radius 2 is 1.76 bits per heavy atom. The number of aromatic nitrogens is 1. The van der Waals surface area contributed by atoms with Gasteiger partial charge < -0.3 is 15.0 Å². The van der Waals surface area contributed by atoms with Crippen LogP contribution in [0.4, 0.5) is 0 Å². The molecule has 3 rings (SSSR count). The lowest BCUT2D eigenvalue weighted by Crippen LogP contribution is -2.21. The third kappa shape index (κ3) is 4.38. The quantitative estimate of drug-likeness (QED) is 0.560. The molecule has 0 spiro atoms. The first-order valence-corrected chi connectivity index (χ1v) is 10.1. The van der Waals surface area contributed by atoms with Gasteiger partial charge in [-0.3, -0.25) is 9.36 Å². The number of nitrogens with one attached hydrogen (secondary N) is 1. The van der Waals surface area contributed by atoms with E-state index in [9.17, 15) is 19.4 Å². The second kappa shape index (κ2) is 7.26. The summed E-state index contributed by atoms with van der Waals surface area (Å²) in [6, 6.07) is 16.7. The zero-order valence-electron chi connectivity index (χ0n) is 13.6. The zero-order valence-corrected chi connectivity index (χ0v) is 14.5. The molecule has 1 aromatic heterocycles. The molecule has 2 unspecified atom stereocenters. The molecule has 0 aliphatic rings. The number of aliphatic carboxylic acids is 1. The van der Waals surface area contributed by atoms with Crippen molar-refractivity contribution in [1.29, 1.82) is 0 Å². The second-order valence-corrected chi connectivity index (χ2v) is 8.65. The molecule has 3 N–H and O–H groups in total. The maximum atomic E-state index is 12.7. The van der Waals surface area contributed by atoms with Crippen molar-refractivity contribution >= 4 is 24.2 Å². The summed E-state index contributed by atoms with van der Waals surface area (Å²) in [5.74, 6) is -1.93. The average Bonchev–Trinajstić information content (AvgIpc) is 2.97. The van der Waals surface area contributed by atoms with Gasteiger partial charge in [-0.2, -0.15) is 0 Å². The van der Waals surface area contributed by atoms with E-state index in [2.05, 4.69) is 4.98 Å². The number of carboxylic acids is 1. The molecule has 0 bridgehead atoms. The third-order valence-electron chi connectivity index (χ3n) is 4.27. The van der Waals surface area contributed by atoms with E-state index >= 15 is 0 Å². The average molecular weight is 357 g/mol. The predicted molar refractivity (Wildman–Crippen MR) is 98.0 cm³/mol. The van der Waals surface area contributed by atoms with Crippen LogP contribution in [0.3, 0.4) is 0 Å². The first-order valence-electron chi connectivity index (χ1n) is 8.07. The fourth-order valence-electron chi connectivity index (χ4n) is 3.07. The number of para-hydroxylation sites is 1. The van der Waals surface area contributed by atoms with Crippen LogP contribution in [-0.2, 0) is 21.9 Å². The molecule has 2 aromatic carbocycles. The molecule has 0 aliphatic carbocycles. The Labute approximate surface area is 145 Å². The standard InChI is InChI=1S/C19H20NO4P/c21-19(22)15(10-14-6-2-1-3-7-14)12-25(23,24)13-16-11-20-18-9-5-4-8-17(16)18/h1-9,11,15,20H,10,12-13H2,(H,21,22)(H,23,24). The molecule has 1 heterocycles. The lowest BCUT2D eigenvalue weighted by molar-refractivity contribution is -0.141. The number of hydrogen-bond donors (Lipinski definition) is 3. The van der Waals surface area contributed by atoms with E-state index < -0.39 is 19.3 Å². The van der Waals surface area contributed by atoms with Crippen molar-refractivity contribution in [2.75, 3.05) is 6.16 Å². The van der Waals surface area contributed by atoms with E-state index in [1.807, 2.05) is 54.6 Å². The topological polar surface area (TPSA) is 90.4 Å². The van der Waals surface area contributed by atoms with Gasteiger partial charge in [-0.15, -0.1) is 0 Å². The zero-order chi connectivity index (χ0) is 17.9. The van der Waals surface area contributed by atoms with Gasteiger partial charge in [0.25, 0.3) is 0 Å². The minimum absolute atomic E-state index is 0.0322. The smallest absolute Gasteiger partial charge is 0.307 e. The normalized spacial score (nSPS) is 14.9. The summed E-state index contributed by atoms with van der Waals surface area (Å²) in [6.45, 7) is 0. The van der Waals surface area contributed by atoms with Crippen LogP contribution >= 0.6 is 7.37 Å². The fourth-order valence-corrected chi connectivity index (χ4v) is 4.96. The van der Waals surface area contributed by atoms with Crippen LogP contribution in [0.2, 0.25) is 0 Å². The lowest BCUT2D eigenvalue weighted by Gasteiger charge is -2.17. The Morgan fingerprint density at radius 3 is 2.48 bits per heavy atom. The van der Waals surface area contributed by atoms with Crippen LogP contribution in [0.1, 0.15) is 11.1 Å². The molecule has 0 radical (unpaired) electrons. The number of carboxylic acid groups (broad SMARTS) is 1. The Balaban J connectivity index is 1.76. The molecule has 0 amide bonds.